The molecule has 3 N–H and O–H groups in total. The molecule has 0 spiro atoms. The smallest absolute Gasteiger partial charge is 0.131 e. The summed E-state index contributed by atoms with van der Waals surface area (Å²) in [7, 11) is 0. The molecule has 0 bridgehead atoms. The van der Waals surface area contributed by atoms with Gasteiger partial charge in [0.2, 0.25) is 0 Å². The lowest BCUT2D eigenvalue weighted by Gasteiger charge is -1.54. The average molecular weight is 197 g/mol. The summed E-state index contributed by atoms with van der Waals surface area (Å²) in [6.45, 7) is 2.00. The molecule has 0 saturated carbocycles. The molecular weight excluding hydrogens is 189 g/mol. The predicted molar refractivity (Wildman–Crippen MR) is 21.0 cm³/mol. The summed E-state index contributed by atoms with van der Waals surface area (Å²) in [4.78, 5) is 0. The Hall–Kier alpha value is 0.250. The fourth-order valence-corrected chi connectivity index (χ4v) is 0.125. The van der Waals surface area contributed by atoms with Crippen LogP contribution in [0.1, 0.15) is 13.3 Å². The van der Waals surface area contributed by atoms with Gasteiger partial charge in [-0.05, 0) is 5.92 Å². The summed E-state index contributed by atoms with van der Waals surface area (Å²) in [6, 6.07) is 2.52. The third kappa shape index (κ3) is 8.87. The fraction of sp³-hybridized carbons (Fsp3) is 0.500. The second kappa shape index (κ2) is 8.98. The lowest BCUT2D eigenvalue weighted by molar-refractivity contribution is -0.247. The number of hydrogen-bond acceptors (Lipinski definition) is 0. The first-order chi connectivity index (χ1) is 2.41. The minimum Gasteiger partial charge on any atom is -1.00 e. The topological polar surface area (TPSA) is 27.6 Å². The van der Waals surface area contributed by atoms with E-state index in [1.54, 1.807) is 0 Å². The number of hydrogen-bond donors (Lipinski definition) is 1. The third-order valence-electron chi connectivity index (χ3n) is 0.302. The van der Waals surface area contributed by atoms with Crippen molar-refractivity contribution in [1.82, 2.24) is 0 Å². The second-order valence-electron chi connectivity index (χ2n) is 0.707. The number of halogens is 1. The Morgan fingerprint density at radius 3 is 2.17 bits per heavy atom. The van der Waals surface area contributed by atoms with Crippen molar-refractivity contribution in [3.8, 4) is 12.0 Å². The number of quaternary nitrogens is 1. The van der Waals surface area contributed by atoms with Crippen molar-refractivity contribution in [2.24, 2.45) is 0 Å². The average Bonchev–Trinajstić information content (AvgIpc) is 1.41. The molecule has 2 heteroatoms. The standard InChI is InChI=1S/C4H7N.HI/c1-2-3-4-5;/h2,5H2,1H3;1H. The Bertz CT molecular complexity index is 59.7. The molecule has 0 aromatic rings. The highest BCUT2D eigenvalue weighted by Gasteiger charge is 1.52. The Balaban J connectivity index is 0. The first-order valence-electron chi connectivity index (χ1n) is 1.66. The Kier molecular flexibility index (Phi) is 14.3. The molecule has 0 aromatic heterocycles. The van der Waals surface area contributed by atoms with Gasteiger partial charge in [-0.15, -0.1) is 0 Å². The molecule has 0 aliphatic rings. The van der Waals surface area contributed by atoms with E-state index in [9.17, 15) is 0 Å². The molecule has 1 nitrogen and oxygen atoms in total. The first kappa shape index (κ1) is 9.54. The van der Waals surface area contributed by atoms with Crippen LogP contribution in [0.5, 0.6) is 0 Å². The maximum Gasteiger partial charge on any atom is 0.131 e. The molecule has 0 radical (unpaired) electrons. The SMILES string of the molecule is CCC#C[NH3+].[I-]. The fourth-order valence-electron chi connectivity index (χ4n) is 0.125. The van der Waals surface area contributed by atoms with Crippen molar-refractivity contribution in [2.75, 3.05) is 0 Å². The van der Waals surface area contributed by atoms with Crippen molar-refractivity contribution in [1.29, 1.82) is 0 Å². The van der Waals surface area contributed by atoms with E-state index >= 15 is 0 Å². The van der Waals surface area contributed by atoms with Crippen LogP contribution in [0.2, 0.25) is 0 Å². The molecule has 0 atom stereocenters. The van der Waals surface area contributed by atoms with Gasteiger partial charge >= 0.3 is 0 Å². The molecule has 0 aliphatic heterocycles. The molecule has 0 saturated heterocycles. The van der Waals surface area contributed by atoms with Crippen molar-refractivity contribution in [2.45, 2.75) is 13.3 Å². The Labute approximate surface area is 55.3 Å². The highest BCUT2D eigenvalue weighted by Crippen LogP contribution is 1.59. The summed E-state index contributed by atoms with van der Waals surface area (Å²) in [6.07, 6.45) is 0.920. The van der Waals surface area contributed by atoms with Gasteiger partial charge in [-0.2, -0.15) is 0 Å². The molecule has 0 amide bonds. The van der Waals surface area contributed by atoms with Gasteiger partial charge in [-0.3, -0.25) is 5.73 Å². The van der Waals surface area contributed by atoms with Crippen LogP contribution >= 0.6 is 0 Å². The van der Waals surface area contributed by atoms with E-state index < -0.39 is 0 Å². The zero-order valence-corrected chi connectivity index (χ0v) is 5.95. The largest absolute Gasteiger partial charge is 1.00 e. The van der Waals surface area contributed by atoms with Gasteiger partial charge in [0, 0.05) is 6.42 Å². The minimum atomic E-state index is 0. The van der Waals surface area contributed by atoms with E-state index in [-0.39, 0.29) is 24.0 Å². The predicted octanol–water partition coefficient (Wildman–Crippen LogP) is -3.40. The van der Waals surface area contributed by atoms with Crippen LogP contribution < -0.4 is 29.7 Å². The van der Waals surface area contributed by atoms with Gasteiger partial charge in [0.05, 0.1) is 0 Å². The Morgan fingerprint density at radius 2 is 2.17 bits per heavy atom. The molecule has 0 aromatic carbocycles. The van der Waals surface area contributed by atoms with Gasteiger partial charge in [0.1, 0.15) is 6.04 Å². The van der Waals surface area contributed by atoms with Crippen LogP contribution in [0.3, 0.4) is 0 Å². The van der Waals surface area contributed by atoms with Crippen LogP contribution in [-0.4, -0.2) is 0 Å². The third-order valence-corrected chi connectivity index (χ3v) is 0.302. The zero-order valence-electron chi connectivity index (χ0n) is 3.79. The minimum absolute atomic E-state index is 0. The lowest BCUT2D eigenvalue weighted by atomic mass is 10.5. The molecule has 6 heavy (non-hydrogen) atoms. The monoisotopic (exact) mass is 197 g/mol. The lowest BCUT2D eigenvalue weighted by Crippen LogP contribution is -3.00. The van der Waals surface area contributed by atoms with Crippen molar-refractivity contribution < 1.29 is 29.7 Å². The Morgan fingerprint density at radius 1 is 1.67 bits per heavy atom. The van der Waals surface area contributed by atoms with Gasteiger partial charge in [0.15, 0.2) is 0 Å². The summed E-state index contributed by atoms with van der Waals surface area (Å²) >= 11 is 0. The van der Waals surface area contributed by atoms with Gasteiger partial charge < -0.3 is 24.0 Å². The van der Waals surface area contributed by atoms with Gasteiger partial charge in [-0.25, -0.2) is 0 Å². The first-order valence-corrected chi connectivity index (χ1v) is 1.66. The summed E-state index contributed by atoms with van der Waals surface area (Å²) in [5, 5.41) is 0. The molecule has 0 heterocycles. The number of rotatable bonds is 0. The van der Waals surface area contributed by atoms with Crippen molar-refractivity contribution >= 4 is 0 Å². The summed E-state index contributed by atoms with van der Waals surface area (Å²) in [5.41, 5.74) is 3.31. The van der Waals surface area contributed by atoms with Crippen LogP contribution in [-0.2, 0) is 0 Å². The van der Waals surface area contributed by atoms with Gasteiger partial charge in [-0.1, -0.05) is 6.92 Å². The van der Waals surface area contributed by atoms with Crippen LogP contribution in [0, 0.1) is 12.0 Å². The normalized spacial score (nSPS) is 4.33. The second-order valence-corrected chi connectivity index (χ2v) is 0.707. The van der Waals surface area contributed by atoms with E-state index in [0.29, 0.717) is 0 Å². The van der Waals surface area contributed by atoms with E-state index in [1.807, 2.05) is 6.92 Å². The van der Waals surface area contributed by atoms with E-state index in [4.69, 9.17) is 0 Å². The summed E-state index contributed by atoms with van der Waals surface area (Å²) in [5.74, 6) is 2.75. The molecule has 0 unspecified atom stereocenters. The zero-order chi connectivity index (χ0) is 4.12. The summed E-state index contributed by atoms with van der Waals surface area (Å²) < 4.78 is 0. The highest BCUT2D eigenvalue weighted by atomic mass is 127. The maximum atomic E-state index is 3.31. The van der Waals surface area contributed by atoms with Crippen LogP contribution in [0.4, 0.5) is 0 Å². The van der Waals surface area contributed by atoms with Crippen LogP contribution in [0.25, 0.3) is 0 Å². The maximum absolute atomic E-state index is 3.31. The molecular formula is C4H8IN. The molecule has 0 fully saturated rings. The van der Waals surface area contributed by atoms with Crippen molar-refractivity contribution in [3.63, 3.8) is 0 Å². The van der Waals surface area contributed by atoms with Crippen molar-refractivity contribution in [3.05, 3.63) is 0 Å². The quantitative estimate of drug-likeness (QED) is 0.310. The highest BCUT2D eigenvalue weighted by molar-refractivity contribution is 4.85. The van der Waals surface area contributed by atoms with E-state index in [0.717, 1.165) is 6.42 Å². The van der Waals surface area contributed by atoms with E-state index in [2.05, 4.69) is 17.7 Å². The van der Waals surface area contributed by atoms with E-state index in [1.165, 1.54) is 0 Å². The molecule has 0 rings (SSSR count). The molecule has 0 aliphatic carbocycles. The van der Waals surface area contributed by atoms with Gasteiger partial charge in [0.25, 0.3) is 0 Å². The van der Waals surface area contributed by atoms with Crippen LogP contribution in [0.15, 0.2) is 0 Å². The molecule has 36 valence electrons.